The first-order valence-corrected chi connectivity index (χ1v) is 8.14. The van der Waals surface area contributed by atoms with Crippen molar-refractivity contribution in [2.24, 2.45) is 0 Å². The van der Waals surface area contributed by atoms with Gasteiger partial charge in [-0.3, -0.25) is 4.79 Å². The number of carbonyl (C=O) groups excluding carboxylic acids is 1. The maximum Gasteiger partial charge on any atom is 0.233 e. The minimum absolute atomic E-state index is 0.0985. The van der Waals surface area contributed by atoms with Crippen LogP contribution >= 0.6 is 11.8 Å². The molecule has 0 unspecified atom stereocenters. The molecule has 5 heteroatoms. The van der Waals surface area contributed by atoms with Gasteiger partial charge in [0.2, 0.25) is 5.91 Å². The maximum atomic E-state index is 12.2. The van der Waals surface area contributed by atoms with Crippen molar-refractivity contribution in [2.75, 3.05) is 0 Å². The Morgan fingerprint density at radius 1 is 1.20 bits per heavy atom. The fourth-order valence-corrected chi connectivity index (χ4v) is 3.27. The van der Waals surface area contributed by atoms with E-state index < -0.39 is 0 Å². The number of thioether (sulfide) groups is 1. The van der Waals surface area contributed by atoms with Crippen LogP contribution in [0.1, 0.15) is 49.6 Å². The third-order valence-electron chi connectivity index (χ3n) is 3.97. The van der Waals surface area contributed by atoms with Gasteiger partial charge < -0.3 is 5.32 Å². The second-order valence-corrected chi connectivity index (χ2v) is 6.86. The lowest BCUT2D eigenvalue weighted by atomic mass is 10.2. The van der Waals surface area contributed by atoms with E-state index in [1.165, 1.54) is 24.6 Å². The smallest absolute Gasteiger partial charge is 0.233 e. The first kappa shape index (κ1) is 15.3. The molecule has 1 aliphatic carbocycles. The molecule has 0 bridgehead atoms. The van der Waals surface area contributed by atoms with Crippen LogP contribution in [-0.4, -0.2) is 27.2 Å². The molecule has 4 nitrogen and oxygen atoms in total. The molecule has 20 heavy (non-hydrogen) atoms. The Balaban J connectivity index is 1.96. The number of amides is 1. The standard InChI is InChI=1S/C15H23N3OS/c1-9-10(2)16-15(17-11(9)3)20-12(4)14(19)18-13-7-5-6-8-13/h12-13H,5-8H2,1-4H3,(H,18,19)/t12-/m1/s1. The van der Waals surface area contributed by atoms with E-state index in [1.807, 2.05) is 27.7 Å². The third kappa shape index (κ3) is 3.72. The summed E-state index contributed by atoms with van der Waals surface area (Å²) in [6.45, 7) is 7.91. The summed E-state index contributed by atoms with van der Waals surface area (Å²) < 4.78 is 0. The first-order chi connectivity index (χ1) is 9.47. The number of hydrogen-bond acceptors (Lipinski definition) is 4. The number of aryl methyl sites for hydroxylation is 2. The molecule has 1 amide bonds. The van der Waals surface area contributed by atoms with Gasteiger partial charge in [-0.2, -0.15) is 0 Å². The van der Waals surface area contributed by atoms with Crippen LogP contribution in [0.4, 0.5) is 0 Å². The van der Waals surface area contributed by atoms with Crippen molar-refractivity contribution >= 4 is 17.7 Å². The molecular formula is C15H23N3OS. The van der Waals surface area contributed by atoms with Gasteiger partial charge in [0.15, 0.2) is 5.16 Å². The van der Waals surface area contributed by atoms with E-state index in [-0.39, 0.29) is 11.2 Å². The second kappa shape index (κ2) is 6.57. The summed E-state index contributed by atoms with van der Waals surface area (Å²) in [6.07, 6.45) is 4.68. The van der Waals surface area contributed by atoms with E-state index >= 15 is 0 Å². The van der Waals surface area contributed by atoms with Crippen molar-refractivity contribution in [3.05, 3.63) is 17.0 Å². The predicted octanol–water partition coefficient (Wildman–Crippen LogP) is 2.94. The highest BCUT2D eigenvalue weighted by Crippen LogP contribution is 2.23. The molecule has 1 saturated carbocycles. The van der Waals surface area contributed by atoms with Gasteiger partial charge >= 0.3 is 0 Å². The molecule has 0 saturated heterocycles. The number of nitrogens with one attached hydrogen (secondary N) is 1. The van der Waals surface area contributed by atoms with E-state index in [9.17, 15) is 4.79 Å². The van der Waals surface area contributed by atoms with Gasteiger partial charge in [-0.1, -0.05) is 24.6 Å². The van der Waals surface area contributed by atoms with Crippen LogP contribution in [-0.2, 0) is 4.79 Å². The van der Waals surface area contributed by atoms with Crippen LogP contribution in [0, 0.1) is 20.8 Å². The Morgan fingerprint density at radius 2 is 1.75 bits per heavy atom. The Labute approximate surface area is 125 Å². The van der Waals surface area contributed by atoms with Gasteiger partial charge in [0.05, 0.1) is 5.25 Å². The van der Waals surface area contributed by atoms with Gasteiger partial charge in [0.25, 0.3) is 0 Å². The second-order valence-electron chi connectivity index (χ2n) is 5.55. The average Bonchev–Trinajstić information content (AvgIpc) is 2.88. The summed E-state index contributed by atoms with van der Waals surface area (Å²) in [7, 11) is 0. The van der Waals surface area contributed by atoms with Crippen molar-refractivity contribution in [2.45, 2.75) is 69.8 Å². The van der Waals surface area contributed by atoms with E-state index in [0.29, 0.717) is 11.2 Å². The highest BCUT2D eigenvalue weighted by Gasteiger charge is 2.22. The first-order valence-electron chi connectivity index (χ1n) is 7.26. The predicted molar refractivity (Wildman–Crippen MR) is 82.0 cm³/mol. The van der Waals surface area contributed by atoms with Crippen LogP contribution in [0.25, 0.3) is 0 Å². The molecule has 1 N–H and O–H groups in total. The van der Waals surface area contributed by atoms with E-state index in [4.69, 9.17) is 0 Å². The van der Waals surface area contributed by atoms with Crippen molar-refractivity contribution in [3.8, 4) is 0 Å². The summed E-state index contributed by atoms with van der Waals surface area (Å²) in [5.41, 5.74) is 3.10. The monoisotopic (exact) mass is 293 g/mol. The van der Waals surface area contributed by atoms with Crippen molar-refractivity contribution in [1.29, 1.82) is 0 Å². The van der Waals surface area contributed by atoms with Gasteiger partial charge in [-0.15, -0.1) is 0 Å². The highest BCUT2D eigenvalue weighted by atomic mass is 32.2. The fourth-order valence-electron chi connectivity index (χ4n) is 2.39. The Kier molecular flexibility index (Phi) is 5.02. The molecule has 0 aromatic carbocycles. The molecule has 0 aliphatic heterocycles. The van der Waals surface area contributed by atoms with Crippen LogP contribution < -0.4 is 5.32 Å². The maximum absolute atomic E-state index is 12.2. The average molecular weight is 293 g/mol. The molecule has 1 heterocycles. The topological polar surface area (TPSA) is 54.9 Å². The molecule has 110 valence electrons. The van der Waals surface area contributed by atoms with E-state index in [1.54, 1.807) is 0 Å². The molecule has 1 fully saturated rings. The third-order valence-corrected chi connectivity index (χ3v) is 4.93. The summed E-state index contributed by atoms with van der Waals surface area (Å²) in [6, 6.07) is 0.368. The van der Waals surface area contributed by atoms with Crippen molar-refractivity contribution in [1.82, 2.24) is 15.3 Å². The highest BCUT2D eigenvalue weighted by molar-refractivity contribution is 8.00. The SMILES string of the molecule is Cc1nc(S[C@H](C)C(=O)NC2CCCC2)nc(C)c1C. The molecule has 1 atom stereocenters. The largest absolute Gasteiger partial charge is 0.352 e. The Bertz CT molecular complexity index is 475. The lowest BCUT2D eigenvalue weighted by molar-refractivity contribution is -0.120. The molecule has 1 aliphatic rings. The van der Waals surface area contributed by atoms with Crippen LogP contribution in [0.15, 0.2) is 5.16 Å². The summed E-state index contributed by atoms with van der Waals surface area (Å²) in [4.78, 5) is 21.1. The number of rotatable bonds is 4. The minimum atomic E-state index is -0.155. The number of nitrogens with zero attached hydrogens (tertiary/aromatic N) is 2. The lowest BCUT2D eigenvalue weighted by Gasteiger charge is -2.16. The van der Waals surface area contributed by atoms with Crippen molar-refractivity contribution < 1.29 is 4.79 Å². The van der Waals surface area contributed by atoms with Gasteiger partial charge in [-0.05, 0) is 46.1 Å². The van der Waals surface area contributed by atoms with Gasteiger partial charge in [0, 0.05) is 17.4 Å². The Hall–Kier alpha value is -1.10. The molecule has 2 rings (SSSR count). The van der Waals surface area contributed by atoms with Crippen LogP contribution in [0.3, 0.4) is 0 Å². The molecule has 0 radical (unpaired) electrons. The van der Waals surface area contributed by atoms with Gasteiger partial charge in [0.1, 0.15) is 0 Å². The van der Waals surface area contributed by atoms with Gasteiger partial charge in [-0.25, -0.2) is 9.97 Å². The van der Waals surface area contributed by atoms with E-state index in [2.05, 4.69) is 15.3 Å². The van der Waals surface area contributed by atoms with Crippen LogP contribution in [0.5, 0.6) is 0 Å². The normalized spacial score (nSPS) is 17.2. The lowest BCUT2D eigenvalue weighted by Crippen LogP contribution is -2.37. The summed E-state index contributed by atoms with van der Waals surface area (Å²) in [5, 5.41) is 3.66. The minimum Gasteiger partial charge on any atom is -0.352 e. The summed E-state index contributed by atoms with van der Waals surface area (Å²) in [5.74, 6) is 0.0985. The zero-order valence-electron chi connectivity index (χ0n) is 12.7. The molecule has 1 aromatic rings. The summed E-state index contributed by atoms with van der Waals surface area (Å²) >= 11 is 1.44. The molecular weight excluding hydrogens is 270 g/mol. The number of aromatic nitrogens is 2. The number of hydrogen-bond donors (Lipinski definition) is 1. The zero-order chi connectivity index (χ0) is 14.7. The zero-order valence-corrected chi connectivity index (χ0v) is 13.5. The fraction of sp³-hybridized carbons (Fsp3) is 0.667. The molecule has 1 aromatic heterocycles. The Morgan fingerprint density at radius 3 is 2.30 bits per heavy atom. The van der Waals surface area contributed by atoms with Crippen molar-refractivity contribution in [3.63, 3.8) is 0 Å². The molecule has 0 spiro atoms. The van der Waals surface area contributed by atoms with Crippen LogP contribution in [0.2, 0.25) is 0 Å². The quantitative estimate of drug-likeness (QED) is 0.685. The number of carbonyl (C=O) groups is 1. The van der Waals surface area contributed by atoms with E-state index in [0.717, 1.165) is 29.8 Å².